The zero-order valence-corrected chi connectivity index (χ0v) is 21.7. The molecule has 2 atom stereocenters. The van der Waals surface area contributed by atoms with Crippen LogP contribution in [0.3, 0.4) is 0 Å². The molecule has 0 radical (unpaired) electrons. The first kappa shape index (κ1) is 25.3. The van der Waals surface area contributed by atoms with Crippen LogP contribution in [0.25, 0.3) is 0 Å². The molecule has 174 valence electrons. The third-order valence-electron chi connectivity index (χ3n) is 6.14. The summed E-state index contributed by atoms with van der Waals surface area (Å²) in [5.74, 6) is 0.800. The van der Waals surface area contributed by atoms with Gasteiger partial charge in [-0.05, 0) is 80.6 Å². The Morgan fingerprint density at radius 1 is 1.21 bits per heavy atom. The number of rotatable bonds is 8. The molecule has 0 spiro atoms. The molecule has 1 amide bonds. The number of carbonyl (C=O) groups is 1. The van der Waals surface area contributed by atoms with Crippen LogP contribution < -0.4 is 9.80 Å². The number of unbranched alkanes of at least 4 members (excludes halogenated alkanes) is 2. The van der Waals surface area contributed by atoms with Crippen LogP contribution in [0.15, 0.2) is 30.5 Å². The van der Waals surface area contributed by atoms with E-state index in [4.69, 9.17) is 18.6 Å². The van der Waals surface area contributed by atoms with E-state index in [1.807, 2.05) is 24.8 Å². The SMILES string of the molecule is C#Cc1ncc(N2C(=O)C(C)(C)N(c3ccc(CCCCC)c(CC)c3)C2=S)cc1C(F)P. The van der Waals surface area contributed by atoms with E-state index < -0.39 is 11.5 Å². The summed E-state index contributed by atoms with van der Waals surface area (Å²) in [6.45, 7) is 8.04. The van der Waals surface area contributed by atoms with E-state index >= 15 is 0 Å². The van der Waals surface area contributed by atoms with Crippen molar-refractivity contribution < 1.29 is 9.18 Å². The summed E-state index contributed by atoms with van der Waals surface area (Å²) < 4.78 is 14.1. The van der Waals surface area contributed by atoms with E-state index in [0.717, 1.165) is 24.9 Å². The van der Waals surface area contributed by atoms with Gasteiger partial charge in [-0.1, -0.05) is 42.0 Å². The Morgan fingerprint density at radius 2 is 1.94 bits per heavy atom. The Morgan fingerprint density at radius 3 is 2.55 bits per heavy atom. The number of nitrogens with zero attached hydrogens (tertiary/aromatic N) is 3. The number of thiocarbonyl (C=S) groups is 1. The van der Waals surface area contributed by atoms with Gasteiger partial charge in [0.05, 0.1) is 11.9 Å². The fraction of sp³-hybridized carbons (Fsp3) is 0.423. The van der Waals surface area contributed by atoms with Crippen LogP contribution >= 0.6 is 21.5 Å². The van der Waals surface area contributed by atoms with Crippen LogP contribution in [-0.2, 0) is 17.6 Å². The molecule has 2 aromatic rings. The summed E-state index contributed by atoms with van der Waals surface area (Å²) in [5.41, 5.74) is 3.42. The Kier molecular flexibility index (Phi) is 7.88. The molecule has 0 bridgehead atoms. The molecule has 0 saturated carbocycles. The van der Waals surface area contributed by atoms with Crippen molar-refractivity contribution in [1.82, 2.24) is 4.98 Å². The maximum atomic E-state index is 14.1. The van der Waals surface area contributed by atoms with Crippen molar-refractivity contribution in [3.8, 4) is 12.3 Å². The lowest BCUT2D eigenvalue weighted by Gasteiger charge is -2.30. The molecular weight excluding hydrogens is 452 g/mol. The van der Waals surface area contributed by atoms with Gasteiger partial charge in [0.2, 0.25) is 0 Å². The fourth-order valence-corrected chi connectivity index (χ4v) is 5.05. The monoisotopic (exact) mass is 483 g/mol. The van der Waals surface area contributed by atoms with Crippen LogP contribution in [0.2, 0.25) is 0 Å². The van der Waals surface area contributed by atoms with Gasteiger partial charge >= 0.3 is 0 Å². The van der Waals surface area contributed by atoms with Gasteiger partial charge in [0.15, 0.2) is 5.11 Å². The number of terminal acetylenes is 1. The van der Waals surface area contributed by atoms with E-state index in [1.54, 1.807) is 6.07 Å². The minimum absolute atomic E-state index is 0.196. The predicted molar refractivity (Wildman–Crippen MR) is 141 cm³/mol. The molecule has 7 heteroatoms. The Labute approximate surface area is 204 Å². The Balaban J connectivity index is 2.01. The van der Waals surface area contributed by atoms with Gasteiger partial charge in [-0.2, -0.15) is 0 Å². The molecule has 2 unspecified atom stereocenters. The third kappa shape index (κ3) is 4.81. The van der Waals surface area contributed by atoms with Gasteiger partial charge in [0, 0.05) is 11.3 Å². The highest BCUT2D eigenvalue weighted by Crippen LogP contribution is 2.38. The zero-order valence-electron chi connectivity index (χ0n) is 19.7. The maximum Gasteiger partial charge on any atom is 0.259 e. The molecule has 0 N–H and O–H groups in total. The molecule has 1 fully saturated rings. The first-order valence-electron chi connectivity index (χ1n) is 11.3. The van der Waals surface area contributed by atoms with Gasteiger partial charge in [-0.15, -0.1) is 6.42 Å². The lowest BCUT2D eigenvalue weighted by atomic mass is 9.97. The highest BCUT2D eigenvalue weighted by atomic mass is 32.1. The van der Waals surface area contributed by atoms with Crippen LogP contribution in [-0.4, -0.2) is 21.5 Å². The fourth-order valence-electron chi connectivity index (χ4n) is 4.27. The number of carbonyl (C=O) groups excluding carboxylic acids is 1. The van der Waals surface area contributed by atoms with Gasteiger partial charge in [0.1, 0.15) is 17.1 Å². The second-order valence-electron chi connectivity index (χ2n) is 8.76. The Bertz CT molecular complexity index is 1110. The summed E-state index contributed by atoms with van der Waals surface area (Å²) in [5, 5.41) is 0.339. The second-order valence-corrected chi connectivity index (χ2v) is 9.71. The van der Waals surface area contributed by atoms with Crippen LogP contribution in [0.1, 0.15) is 75.3 Å². The quantitative estimate of drug-likeness (QED) is 0.196. The summed E-state index contributed by atoms with van der Waals surface area (Å²) in [6, 6.07) is 7.88. The predicted octanol–water partition coefficient (Wildman–Crippen LogP) is 6.12. The van der Waals surface area contributed by atoms with Gasteiger partial charge in [-0.25, -0.2) is 9.37 Å². The van der Waals surface area contributed by atoms with Crippen molar-refractivity contribution in [3.05, 3.63) is 52.8 Å². The van der Waals surface area contributed by atoms with Crippen molar-refractivity contribution in [2.24, 2.45) is 0 Å². The molecule has 1 aromatic heterocycles. The van der Waals surface area contributed by atoms with Crippen molar-refractivity contribution >= 4 is 43.9 Å². The number of hydrogen-bond acceptors (Lipinski definition) is 3. The van der Waals surface area contributed by atoms with Gasteiger partial charge < -0.3 is 4.90 Å². The van der Waals surface area contributed by atoms with E-state index in [0.29, 0.717) is 10.8 Å². The molecule has 33 heavy (non-hydrogen) atoms. The van der Waals surface area contributed by atoms with E-state index in [2.05, 4.69) is 46.1 Å². The number of halogens is 1. The molecule has 1 saturated heterocycles. The van der Waals surface area contributed by atoms with E-state index in [1.165, 1.54) is 35.1 Å². The van der Waals surface area contributed by atoms with Crippen molar-refractivity contribution in [2.75, 3.05) is 9.80 Å². The summed E-state index contributed by atoms with van der Waals surface area (Å²) in [4.78, 5) is 21.0. The smallest absolute Gasteiger partial charge is 0.259 e. The average Bonchev–Trinajstić information content (AvgIpc) is 2.97. The molecule has 0 aliphatic carbocycles. The largest absolute Gasteiger partial charge is 0.304 e. The normalized spacial score (nSPS) is 16.3. The number of aryl methyl sites for hydroxylation is 2. The summed E-state index contributed by atoms with van der Waals surface area (Å²) in [6.07, 6.45) is 12.5. The van der Waals surface area contributed by atoms with Crippen LogP contribution in [0.5, 0.6) is 0 Å². The highest BCUT2D eigenvalue weighted by molar-refractivity contribution is 7.81. The lowest BCUT2D eigenvalue weighted by Crippen LogP contribution is -2.44. The summed E-state index contributed by atoms with van der Waals surface area (Å²) in [7, 11) is 2.07. The lowest BCUT2D eigenvalue weighted by molar-refractivity contribution is -0.120. The molecule has 4 nitrogen and oxygen atoms in total. The van der Waals surface area contributed by atoms with Crippen LogP contribution in [0, 0.1) is 12.3 Å². The number of hydrogen-bond donors (Lipinski definition) is 0. The van der Waals surface area contributed by atoms with E-state index in [-0.39, 0.29) is 17.2 Å². The van der Waals surface area contributed by atoms with Gasteiger partial charge in [0.25, 0.3) is 5.91 Å². The number of benzene rings is 1. The number of aromatic nitrogens is 1. The average molecular weight is 484 g/mol. The highest BCUT2D eigenvalue weighted by Gasteiger charge is 2.50. The zero-order chi connectivity index (χ0) is 24.3. The number of anilines is 2. The minimum atomic E-state index is -1.40. The number of pyridine rings is 1. The Hall–Kier alpha value is -2.35. The van der Waals surface area contributed by atoms with Crippen molar-refractivity contribution in [2.45, 2.75) is 71.3 Å². The van der Waals surface area contributed by atoms with Gasteiger partial charge in [-0.3, -0.25) is 9.69 Å². The molecule has 2 heterocycles. The van der Waals surface area contributed by atoms with Crippen molar-refractivity contribution in [3.63, 3.8) is 0 Å². The number of alkyl halides is 1. The van der Waals surface area contributed by atoms with Crippen LogP contribution in [0.4, 0.5) is 15.8 Å². The van der Waals surface area contributed by atoms with Crippen molar-refractivity contribution in [1.29, 1.82) is 0 Å². The molecule has 1 aliphatic heterocycles. The topological polar surface area (TPSA) is 36.4 Å². The molecule has 1 aromatic carbocycles. The first-order chi connectivity index (χ1) is 15.7. The molecule has 3 rings (SSSR count). The molecule has 1 aliphatic rings. The van der Waals surface area contributed by atoms with E-state index in [9.17, 15) is 9.18 Å². The first-order valence-corrected chi connectivity index (χ1v) is 12.4. The molecular formula is C26H31FN3OPS. The maximum absolute atomic E-state index is 14.1. The second kappa shape index (κ2) is 10.3. The standard InChI is InChI=1S/C26H31FN3OPS/c1-6-9-10-11-18-12-13-19(14-17(18)7-2)30-25(33)29(24(31)26(30,4)5)20-15-21(23(27)32)22(8-3)28-16-20/h3,12-16,23H,6-7,9-11,32H2,1-2,4-5H3. The minimum Gasteiger partial charge on any atom is -0.304 e. The third-order valence-corrected chi connectivity index (χ3v) is 6.87. The summed E-state index contributed by atoms with van der Waals surface area (Å²) >= 11 is 5.78. The number of amides is 1.